The summed E-state index contributed by atoms with van der Waals surface area (Å²) in [5, 5.41) is 7.57. The summed E-state index contributed by atoms with van der Waals surface area (Å²) in [6.45, 7) is 6.95. The molecule has 1 N–H and O–H groups in total. The van der Waals surface area contributed by atoms with Crippen LogP contribution in [0.3, 0.4) is 0 Å². The van der Waals surface area contributed by atoms with Crippen LogP contribution in [0.4, 0.5) is 0 Å². The number of H-pyrrole nitrogens is 1. The predicted molar refractivity (Wildman–Crippen MR) is 109 cm³/mol. The molecule has 2 aromatic rings. The molecule has 0 unspecified atom stereocenters. The van der Waals surface area contributed by atoms with Crippen LogP contribution < -0.4 is 9.47 Å². The fourth-order valence-electron chi connectivity index (χ4n) is 3.89. The molecule has 0 saturated carbocycles. The van der Waals surface area contributed by atoms with Gasteiger partial charge in [-0.05, 0) is 49.9 Å². The lowest BCUT2D eigenvalue weighted by Crippen LogP contribution is -2.38. The van der Waals surface area contributed by atoms with Gasteiger partial charge in [-0.1, -0.05) is 13.8 Å². The Hall–Kier alpha value is -2.34. The van der Waals surface area contributed by atoms with Gasteiger partial charge in [0.15, 0.2) is 5.78 Å². The van der Waals surface area contributed by atoms with Gasteiger partial charge in [-0.3, -0.25) is 14.8 Å². The van der Waals surface area contributed by atoms with Crippen LogP contribution in [0.2, 0.25) is 0 Å². The second-order valence-electron chi connectivity index (χ2n) is 7.99. The number of aromatic amines is 1. The van der Waals surface area contributed by atoms with Crippen LogP contribution in [0.1, 0.15) is 48.4 Å². The van der Waals surface area contributed by atoms with Crippen LogP contribution in [0, 0.1) is 11.8 Å². The van der Waals surface area contributed by atoms with Gasteiger partial charge in [0.05, 0.1) is 25.5 Å². The lowest BCUT2D eigenvalue weighted by molar-refractivity contribution is 0.0807. The highest BCUT2D eigenvalue weighted by Crippen LogP contribution is 2.29. The van der Waals surface area contributed by atoms with E-state index in [9.17, 15) is 4.79 Å². The number of carbonyl (C=O) groups excluding carboxylic acids is 1. The molecule has 0 amide bonds. The van der Waals surface area contributed by atoms with Crippen molar-refractivity contribution in [1.29, 1.82) is 0 Å². The predicted octanol–water partition coefficient (Wildman–Crippen LogP) is 3.72. The van der Waals surface area contributed by atoms with Gasteiger partial charge >= 0.3 is 0 Å². The van der Waals surface area contributed by atoms with Gasteiger partial charge in [-0.15, -0.1) is 0 Å². The third kappa shape index (κ3) is 4.93. The molecule has 1 fully saturated rings. The molecule has 1 atom stereocenters. The minimum atomic E-state index is -0.0194. The van der Waals surface area contributed by atoms with Gasteiger partial charge in [0, 0.05) is 30.8 Å². The van der Waals surface area contributed by atoms with E-state index in [4.69, 9.17) is 9.47 Å². The number of aromatic nitrogens is 2. The lowest BCUT2D eigenvalue weighted by atomic mass is 9.89. The summed E-state index contributed by atoms with van der Waals surface area (Å²) in [7, 11) is 3.20. The van der Waals surface area contributed by atoms with Gasteiger partial charge in [0.2, 0.25) is 0 Å². The normalized spacial score (nSPS) is 17.7. The number of rotatable bonds is 8. The Bertz CT molecular complexity index is 800. The highest BCUT2D eigenvalue weighted by Gasteiger charge is 2.28. The van der Waals surface area contributed by atoms with Crippen molar-refractivity contribution < 1.29 is 14.3 Å². The van der Waals surface area contributed by atoms with E-state index >= 15 is 0 Å². The summed E-state index contributed by atoms with van der Waals surface area (Å²) in [6.07, 6.45) is 2.91. The Kier molecular flexibility index (Phi) is 6.73. The zero-order chi connectivity index (χ0) is 20.1. The monoisotopic (exact) mass is 385 g/mol. The zero-order valence-corrected chi connectivity index (χ0v) is 17.3. The largest absolute Gasteiger partial charge is 0.497 e. The summed E-state index contributed by atoms with van der Waals surface area (Å²) < 4.78 is 10.7. The molecule has 0 aliphatic carbocycles. The summed E-state index contributed by atoms with van der Waals surface area (Å²) >= 11 is 0. The fourth-order valence-corrected chi connectivity index (χ4v) is 3.89. The molecule has 6 nitrogen and oxygen atoms in total. The Labute approximate surface area is 167 Å². The number of Topliss-reactive ketones (excluding diaryl/α,β-unsaturated/α-hetero) is 1. The van der Waals surface area contributed by atoms with Crippen molar-refractivity contribution in [2.45, 2.75) is 39.7 Å². The van der Waals surface area contributed by atoms with Crippen LogP contribution in [0.15, 0.2) is 24.3 Å². The standard InChI is InChI=1S/C22H31N3O3/c1-15(2)10-17-11-18(24-23-17)14-25-9-5-6-16(13-25)22(26)20-8-7-19(27-3)12-21(20)28-4/h7-8,11-12,15-16H,5-6,9-10,13-14H2,1-4H3,(H,23,24)/t16-/m1/s1. The summed E-state index contributed by atoms with van der Waals surface area (Å²) in [5.74, 6) is 1.99. The van der Waals surface area contributed by atoms with Crippen LogP contribution in [0.25, 0.3) is 0 Å². The molecule has 152 valence electrons. The molecule has 0 bridgehead atoms. The molecule has 6 heteroatoms. The second kappa shape index (κ2) is 9.24. The van der Waals surface area contributed by atoms with E-state index in [-0.39, 0.29) is 11.7 Å². The Balaban J connectivity index is 1.66. The number of carbonyl (C=O) groups is 1. The Morgan fingerprint density at radius 2 is 2.11 bits per heavy atom. The molecule has 28 heavy (non-hydrogen) atoms. The van der Waals surface area contributed by atoms with E-state index in [1.165, 1.54) is 0 Å². The van der Waals surface area contributed by atoms with E-state index in [0.29, 0.717) is 23.0 Å². The number of nitrogens with one attached hydrogen (secondary N) is 1. The number of ether oxygens (including phenoxy) is 2. The van der Waals surface area contributed by atoms with Crippen LogP contribution in [0.5, 0.6) is 11.5 Å². The summed E-state index contributed by atoms with van der Waals surface area (Å²) in [4.78, 5) is 15.5. The first-order valence-corrected chi connectivity index (χ1v) is 10.0. The van der Waals surface area contributed by atoms with Crippen molar-refractivity contribution in [2.75, 3.05) is 27.3 Å². The van der Waals surface area contributed by atoms with E-state index in [1.54, 1.807) is 20.3 Å². The first-order valence-electron chi connectivity index (χ1n) is 10.0. The van der Waals surface area contributed by atoms with Crippen molar-refractivity contribution >= 4 is 5.78 Å². The van der Waals surface area contributed by atoms with Crippen molar-refractivity contribution in [3.63, 3.8) is 0 Å². The van der Waals surface area contributed by atoms with Crippen molar-refractivity contribution in [3.05, 3.63) is 41.2 Å². The maximum atomic E-state index is 13.1. The number of hydrogen-bond acceptors (Lipinski definition) is 5. The number of benzene rings is 1. The Morgan fingerprint density at radius 1 is 1.29 bits per heavy atom. The van der Waals surface area contributed by atoms with Gasteiger partial charge < -0.3 is 9.47 Å². The molecule has 1 aromatic heterocycles. The quantitative estimate of drug-likeness (QED) is 0.702. The van der Waals surface area contributed by atoms with E-state index in [1.807, 2.05) is 12.1 Å². The number of ketones is 1. The molecule has 2 heterocycles. The van der Waals surface area contributed by atoms with Crippen molar-refractivity contribution in [1.82, 2.24) is 15.1 Å². The number of methoxy groups -OCH3 is 2. The zero-order valence-electron chi connectivity index (χ0n) is 17.3. The maximum Gasteiger partial charge on any atom is 0.170 e. The average molecular weight is 386 g/mol. The fraction of sp³-hybridized carbons (Fsp3) is 0.545. The number of likely N-dealkylation sites (tertiary alicyclic amines) is 1. The molecule has 1 aromatic carbocycles. The van der Waals surface area contributed by atoms with E-state index in [2.05, 4.69) is 35.0 Å². The van der Waals surface area contributed by atoms with E-state index < -0.39 is 0 Å². The topological polar surface area (TPSA) is 67.5 Å². The van der Waals surface area contributed by atoms with Gasteiger partial charge in [-0.25, -0.2) is 0 Å². The van der Waals surface area contributed by atoms with Crippen molar-refractivity contribution in [2.24, 2.45) is 11.8 Å². The molecule has 0 radical (unpaired) electrons. The lowest BCUT2D eigenvalue weighted by Gasteiger charge is -2.31. The van der Waals surface area contributed by atoms with Gasteiger partial charge in [0.25, 0.3) is 0 Å². The third-order valence-corrected chi connectivity index (χ3v) is 5.25. The number of nitrogens with zero attached hydrogens (tertiary/aromatic N) is 2. The molecule has 1 aliphatic heterocycles. The first-order chi connectivity index (χ1) is 13.5. The van der Waals surface area contributed by atoms with Gasteiger partial charge in [-0.2, -0.15) is 5.10 Å². The minimum absolute atomic E-state index is 0.0194. The molecule has 1 aliphatic rings. The second-order valence-corrected chi connectivity index (χ2v) is 7.99. The van der Waals surface area contributed by atoms with Gasteiger partial charge in [0.1, 0.15) is 11.5 Å². The Morgan fingerprint density at radius 3 is 2.82 bits per heavy atom. The SMILES string of the molecule is COc1ccc(C(=O)[C@@H]2CCCN(Cc3cc(CC(C)C)n[nH]3)C2)c(OC)c1. The molecule has 0 spiro atoms. The molecular formula is C22H31N3O3. The molecule has 1 saturated heterocycles. The van der Waals surface area contributed by atoms with E-state index in [0.717, 1.165) is 50.3 Å². The minimum Gasteiger partial charge on any atom is -0.497 e. The maximum absolute atomic E-state index is 13.1. The summed E-state index contributed by atoms with van der Waals surface area (Å²) in [5.41, 5.74) is 2.86. The van der Waals surface area contributed by atoms with Crippen molar-refractivity contribution in [3.8, 4) is 11.5 Å². The number of piperidine rings is 1. The first kappa shape index (κ1) is 20.4. The third-order valence-electron chi connectivity index (χ3n) is 5.25. The summed E-state index contributed by atoms with van der Waals surface area (Å²) in [6, 6.07) is 7.55. The average Bonchev–Trinajstić information content (AvgIpc) is 3.13. The molecule has 3 rings (SSSR count). The molecular weight excluding hydrogens is 354 g/mol. The number of hydrogen-bond donors (Lipinski definition) is 1. The smallest absolute Gasteiger partial charge is 0.170 e. The van der Waals surface area contributed by atoms with Crippen LogP contribution in [-0.2, 0) is 13.0 Å². The van der Waals surface area contributed by atoms with Crippen LogP contribution in [-0.4, -0.2) is 48.2 Å². The highest BCUT2D eigenvalue weighted by molar-refractivity contribution is 6.00. The highest BCUT2D eigenvalue weighted by atomic mass is 16.5. The van der Waals surface area contributed by atoms with Crippen LogP contribution >= 0.6 is 0 Å².